The predicted octanol–water partition coefficient (Wildman–Crippen LogP) is 16.1. The molecule has 0 radical (unpaired) electrons. The summed E-state index contributed by atoms with van der Waals surface area (Å²) in [5.74, 6) is 2.33. The minimum atomic E-state index is 0.269. The van der Waals surface area contributed by atoms with Crippen LogP contribution in [0.2, 0.25) is 0 Å². The smallest absolute Gasteiger partial charge is 0.137 e. The van der Waals surface area contributed by atoms with Crippen molar-refractivity contribution in [2.24, 2.45) is 0 Å². The summed E-state index contributed by atoms with van der Waals surface area (Å²) in [6, 6.07) is 49.5. The number of hydrogen-bond acceptors (Lipinski definition) is 4. The summed E-state index contributed by atoms with van der Waals surface area (Å²) in [7, 11) is 0. The van der Waals surface area contributed by atoms with Crippen LogP contribution in [0.25, 0.3) is 53.9 Å². The molecule has 0 amide bonds. The Bertz CT molecular complexity index is 3030. The lowest BCUT2D eigenvalue weighted by Crippen LogP contribution is -2.15. The van der Waals surface area contributed by atoms with Gasteiger partial charge in [-0.2, -0.15) is 0 Å². The number of benzene rings is 8. The van der Waals surface area contributed by atoms with Crippen LogP contribution in [-0.4, -0.2) is 9.97 Å². The van der Waals surface area contributed by atoms with Gasteiger partial charge in [-0.15, -0.1) is 0 Å². The highest BCUT2D eigenvalue weighted by atomic mass is 15.2. The van der Waals surface area contributed by atoms with E-state index in [9.17, 15) is 0 Å². The average molecular weight is 779 g/mol. The van der Waals surface area contributed by atoms with Crippen LogP contribution in [0.4, 0.5) is 34.4 Å². The van der Waals surface area contributed by atoms with Gasteiger partial charge in [-0.05, 0) is 143 Å². The van der Waals surface area contributed by atoms with E-state index in [0.29, 0.717) is 0 Å². The molecule has 8 aromatic carbocycles. The van der Waals surface area contributed by atoms with Crippen molar-refractivity contribution < 1.29 is 0 Å². The molecule has 0 spiro atoms. The molecule has 0 fully saturated rings. The molecule has 4 heteroatoms. The third-order valence-corrected chi connectivity index (χ3v) is 12.5. The van der Waals surface area contributed by atoms with Gasteiger partial charge in [0.25, 0.3) is 0 Å². The quantitative estimate of drug-likeness (QED) is 0.144. The predicted molar refractivity (Wildman–Crippen MR) is 257 cm³/mol. The molecule has 10 rings (SSSR count). The Morgan fingerprint density at radius 1 is 0.400 bits per heavy atom. The van der Waals surface area contributed by atoms with Crippen molar-refractivity contribution in [2.45, 2.75) is 67.2 Å². The maximum atomic E-state index is 5.08. The second-order valence-electron chi connectivity index (χ2n) is 17.3. The Kier molecular flexibility index (Phi) is 9.06. The Labute approximate surface area is 353 Å². The van der Waals surface area contributed by atoms with Gasteiger partial charge in [-0.25, -0.2) is 9.97 Å². The molecule has 0 atom stereocenters. The topological polar surface area (TPSA) is 32.3 Å². The summed E-state index contributed by atoms with van der Waals surface area (Å²) in [4.78, 5) is 15.0. The van der Waals surface area contributed by atoms with Crippen LogP contribution in [0.5, 0.6) is 0 Å². The van der Waals surface area contributed by atoms with E-state index < -0.39 is 0 Å². The Balaban J connectivity index is 1.37. The molecule has 0 aliphatic carbocycles. The number of pyridine rings is 2. The van der Waals surface area contributed by atoms with Crippen molar-refractivity contribution in [3.05, 3.63) is 179 Å². The van der Waals surface area contributed by atoms with E-state index in [4.69, 9.17) is 9.97 Å². The molecule has 2 heterocycles. The summed E-state index contributed by atoms with van der Waals surface area (Å²) in [5, 5.41) is 12.4. The average Bonchev–Trinajstić information content (AvgIpc) is 3.25. The largest absolute Gasteiger partial charge is 0.294 e. The molecule has 10 aromatic rings. The molecular weight excluding hydrogens is 729 g/mol. The molecular formula is C56H50N4. The lowest BCUT2D eigenvalue weighted by Gasteiger charge is -2.32. The SMILES string of the molecule is Cc1ccc2ccc(C)c(N(c3ccccn3)c3cc(C(C)C)c4ccc5c(N(c6ccccn6)c6c(C)ccc7ccc(C)cc67)cc(C(C)C)c6ccc3c4c65)c2c1. The molecule has 0 saturated carbocycles. The zero-order chi connectivity index (χ0) is 41.4. The van der Waals surface area contributed by atoms with E-state index >= 15 is 0 Å². The molecule has 0 saturated heterocycles. The number of aromatic nitrogens is 2. The first kappa shape index (κ1) is 37.5. The summed E-state index contributed by atoms with van der Waals surface area (Å²) in [6.07, 6.45) is 3.83. The van der Waals surface area contributed by atoms with E-state index in [1.807, 2.05) is 24.5 Å². The van der Waals surface area contributed by atoms with Gasteiger partial charge in [-0.3, -0.25) is 9.80 Å². The molecule has 0 aliphatic rings. The van der Waals surface area contributed by atoms with Crippen molar-refractivity contribution in [2.75, 3.05) is 9.80 Å². The van der Waals surface area contributed by atoms with Crippen molar-refractivity contribution in [3.63, 3.8) is 0 Å². The van der Waals surface area contributed by atoms with Crippen LogP contribution in [0, 0.1) is 27.7 Å². The van der Waals surface area contributed by atoms with Gasteiger partial charge in [0.2, 0.25) is 0 Å². The molecule has 0 bridgehead atoms. The van der Waals surface area contributed by atoms with Crippen LogP contribution >= 0.6 is 0 Å². The first-order valence-electron chi connectivity index (χ1n) is 21.3. The molecule has 294 valence electrons. The van der Waals surface area contributed by atoms with Crippen molar-refractivity contribution in [1.82, 2.24) is 9.97 Å². The van der Waals surface area contributed by atoms with Crippen molar-refractivity contribution >= 4 is 88.2 Å². The minimum Gasteiger partial charge on any atom is -0.294 e. The van der Waals surface area contributed by atoms with E-state index in [1.54, 1.807) is 0 Å². The molecule has 0 N–H and O–H groups in total. The zero-order valence-electron chi connectivity index (χ0n) is 35.8. The van der Waals surface area contributed by atoms with Gasteiger partial charge in [-0.1, -0.05) is 124 Å². The Hall–Kier alpha value is -6.78. The molecule has 0 unspecified atom stereocenters. The van der Waals surface area contributed by atoms with Crippen LogP contribution in [0.15, 0.2) is 146 Å². The second-order valence-corrected chi connectivity index (χ2v) is 17.3. The first-order valence-corrected chi connectivity index (χ1v) is 21.3. The van der Waals surface area contributed by atoms with E-state index in [-0.39, 0.29) is 11.8 Å². The van der Waals surface area contributed by atoms with Crippen LogP contribution in [0.3, 0.4) is 0 Å². The number of hydrogen-bond donors (Lipinski definition) is 0. The molecule has 2 aromatic heterocycles. The van der Waals surface area contributed by atoms with Gasteiger partial charge < -0.3 is 0 Å². The summed E-state index contributed by atoms with van der Waals surface area (Å²) in [6.45, 7) is 18.1. The fraction of sp³-hybridized carbons (Fsp3) is 0.179. The van der Waals surface area contributed by atoms with Gasteiger partial charge in [0.15, 0.2) is 0 Å². The lowest BCUT2D eigenvalue weighted by atomic mass is 9.84. The van der Waals surface area contributed by atoms with Gasteiger partial charge >= 0.3 is 0 Å². The summed E-state index contributed by atoms with van der Waals surface area (Å²) < 4.78 is 0. The third-order valence-electron chi connectivity index (χ3n) is 12.5. The third kappa shape index (κ3) is 5.96. The Morgan fingerprint density at radius 2 is 0.800 bits per heavy atom. The van der Waals surface area contributed by atoms with E-state index in [0.717, 1.165) is 34.4 Å². The maximum absolute atomic E-state index is 5.08. The number of anilines is 6. The monoisotopic (exact) mass is 778 g/mol. The fourth-order valence-corrected chi connectivity index (χ4v) is 9.67. The maximum Gasteiger partial charge on any atom is 0.137 e. The number of rotatable bonds is 8. The summed E-state index contributed by atoms with van der Waals surface area (Å²) >= 11 is 0. The van der Waals surface area contributed by atoms with Crippen molar-refractivity contribution in [1.29, 1.82) is 0 Å². The van der Waals surface area contributed by atoms with Gasteiger partial charge in [0.05, 0.1) is 22.7 Å². The fourth-order valence-electron chi connectivity index (χ4n) is 9.67. The van der Waals surface area contributed by atoms with E-state index in [1.165, 1.54) is 87.2 Å². The number of aryl methyl sites for hydroxylation is 4. The molecule has 0 aliphatic heterocycles. The van der Waals surface area contributed by atoms with Crippen molar-refractivity contribution in [3.8, 4) is 0 Å². The van der Waals surface area contributed by atoms with Crippen LogP contribution in [-0.2, 0) is 0 Å². The standard InChI is InChI=1S/C56H50N4/c1-33(2)45-31-49(59(51-13-9-11-27-57-51)55-37(7)17-21-39-19-15-35(5)29-47(39)55)43-26-24-42-46(34(3)4)32-50(44-25-23-41(45)53(43)54(42)44)60(52-14-10-12-28-58-52)56-38(8)18-22-40-20-16-36(6)30-48(40)56/h9-34H,1-8H3. The highest BCUT2D eigenvalue weighted by Gasteiger charge is 2.28. The minimum absolute atomic E-state index is 0.269. The lowest BCUT2D eigenvalue weighted by molar-refractivity contribution is 0.875. The molecule has 60 heavy (non-hydrogen) atoms. The second kappa shape index (κ2) is 14.5. The Morgan fingerprint density at radius 3 is 1.18 bits per heavy atom. The number of nitrogens with zero attached hydrogens (tertiary/aromatic N) is 4. The number of fused-ring (bicyclic) bond motifs is 2. The highest BCUT2D eigenvalue weighted by molar-refractivity contribution is 6.30. The van der Waals surface area contributed by atoms with Crippen LogP contribution in [0.1, 0.15) is 72.9 Å². The van der Waals surface area contributed by atoms with Gasteiger partial charge in [0, 0.05) is 33.9 Å². The van der Waals surface area contributed by atoms with E-state index in [2.05, 4.69) is 187 Å². The van der Waals surface area contributed by atoms with Crippen LogP contribution < -0.4 is 9.80 Å². The zero-order valence-corrected chi connectivity index (χ0v) is 35.8. The normalized spacial score (nSPS) is 12.0. The van der Waals surface area contributed by atoms with Gasteiger partial charge in [0.1, 0.15) is 11.6 Å². The highest BCUT2D eigenvalue weighted by Crippen LogP contribution is 2.52. The summed E-state index contributed by atoms with van der Waals surface area (Å²) in [5.41, 5.74) is 12.1. The first-order chi connectivity index (χ1) is 29.1. The molecule has 4 nitrogen and oxygen atoms in total.